The van der Waals surface area contributed by atoms with Gasteiger partial charge in [0.2, 0.25) is 11.8 Å². The Balaban J connectivity index is 1.50. The molecule has 0 saturated carbocycles. The Morgan fingerprint density at radius 1 is 1.19 bits per heavy atom. The molecule has 0 fully saturated rings. The standard InChI is InChI=1S/C21H17Cl2F3N4O2/c1-11-28-29-20(32-11)19(31)13-8-17(23)18(27-10-13)12-4-6-30(7-5-12)14-2-3-15(16(22)9-14)21(24,25)26/h2-4,6,8-10,12,19,31H,5,7H2,1H3. The lowest BCUT2D eigenvalue weighted by atomic mass is 9.96. The van der Waals surface area contributed by atoms with Crippen molar-refractivity contribution in [3.63, 3.8) is 0 Å². The van der Waals surface area contributed by atoms with Crippen LogP contribution in [0.15, 0.2) is 47.2 Å². The Bertz CT molecular complexity index is 1170. The molecular weight excluding hydrogens is 468 g/mol. The van der Waals surface area contributed by atoms with E-state index in [0.717, 1.165) is 6.07 Å². The Morgan fingerprint density at radius 2 is 1.97 bits per heavy atom. The van der Waals surface area contributed by atoms with Gasteiger partial charge in [0.05, 0.1) is 21.3 Å². The molecule has 0 radical (unpaired) electrons. The number of aliphatic hydroxyl groups is 1. The number of hydrogen-bond donors (Lipinski definition) is 1. The maximum absolute atomic E-state index is 12.9. The lowest BCUT2D eigenvalue weighted by Crippen LogP contribution is -2.24. The van der Waals surface area contributed by atoms with Gasteiger partial charge in [-0.2, -0.15) is 13.2 Å². The van der Waals surface area contributed by atoms with Crippen molar-refractivity contribution in [3.8, 4) is 0 Å². The van der Waals surface area contributed by atoms with E-state index in [0.29, 0.717) is 40.8 Å². The molecule has 1 aliphatic rings. The van der Waals surface area contributed by atoms with Gasteiger partial charge in [0.25, 0.3) is 0 Å². The van der Waals surface area contributed by atoms with E-state index in [-0.39, 0.29) is 16.8 Å². The van der Waals surface area contributed by atoms with Crippen molar-refractivity contribution in [2.75, 3.05) is 11.4 Å². The second-order valence-electron chi connectivity index (χ2n) is 7.29. The Kier molecular flexibility index (Phi) is 6.15. The van der Waals surface area contributed by atoms with Crippen molar-refractivity contribution in [2.45, 2.75) is 31.5 Å². The molecule has 0 spiro atoms. The molecule has 4 rings (SSSR count). The van der Waals surface area contributed by atoms with Crippen LogP contribution in [0.2, 0.25) is 10.0 Å². The molecule has 3 aromatic rings. The first-order valence-corrected chi connectivity index (χ1v) is 10.3. The van der Waals surface area contributed by atoms with Crippen LogP contribution in [0.4, 0.5) is 18.9 Å². The van der Waals surface area contributed by atoms with E-state index < -0.39 is 17.8 Å². The van der Waals surface area contributed by atoms with E-state index in [4.69, 9.17) is 27.6 Å². The highest BCUT2D eigenvalue weighted by molar-refractivity contribution is 6.32. The number of hydrogen-bond acceptors (Lipinski definition) is 6. The molecule has 1 N–H and O–H groups in total. The van der Waals surface area contributed by atoms with Gasteiger partial charge in [0.15, 0.2) is 6.10 Å². The van der Waals surface area contributed by atoms with Crippen LogP contribution in [-0.2, 0) is 6.18 Å². The monoisotopic (exact) mass is 484 g/mol. The van der Waals surface area contributed by atoms with Crippen molar-refractivity contribution in [2.24, 2.45) is 0 Å². The molecule has 32 heavy (non-hydrogen) atoms. The summed E-state index contributed by atoms with van der Waals surface area (Å²) in [5, 5.41) is 17.9. The van der Waals surface area contributed by atoms with Crippen molar-refractivity contribution in [1.29, 1.82) is 0 Å². The Morgan fingerprint density at radius 3 is 2.53 bits per heavy atom. The van der Waals surface area contributed by atoms with Gasteiger partial charge in [-0.1, -0.05) is 29.3 Å². The molecule has 168 valence electrons. The number of aliphatic hydroxyl groups excluding tert-OH is 1. The first-order valence-electron chi connectivity index (χ1n) is 9.58. The number of pyridine rings is 1. The average Bonchev–Trinajstić information content (AvgIpc) is 3.18. The third-order valence-corrected chi connectivity index (χ3v) is 5.72. The van der Waals surface area contributed by atoms with Gasteiger partial charge in [0.1, 0.15) is 0 Å². The Labute approximate surface area is 191 Å². The fraction of sp³-hybridized carbons (Fsp3) is 0.286. The highest BCUT2D eigenvalue weighted by Gasteiger charge is 2.33. The maximum Gasteiger partial charge on any atom is 0.417 e. The first kappa shape index (κ1) is 22.6. The van der Waals surface area contributed by atoms with E-state index in [1.165, 1.54) is 18.3 Å². The number of rotatable bonds is 4. The quantitative estimate of drug-likeness (QED) is 0.512. The van der Waals surface area contributed by atoms with Gasteiger partial charge >= 0.3 is 6.18 Å². The van der Waals surface area contributed by atoms with E-state index in [1.54, 1.807) is 19.2 Å². The third-order valence-electron chi connectivity index (χ3n) is 5.10. The lowest BCUT2D eigenvalue weighted by molar-refractivity contribution is -0.137. The average molecular weight is 485 g/mol. The van der Waals surface area contributed by atoms with E-state index in [1.807, 2.05) is 11.0 Å². The summed E-state index contributed by atoms with van der Waals surface area (Å²) < 4.78 is 44.0. The van der Waals surface area contributed by atoms with E-state index in [9.17, 15) is 18.3 Å². The summed E-state index contributed by atoms with van der Waals surface area (Å²) in [5.74, 6) is 0.290. The van der Waals surface area contributed by atoms with Crippen molar-refractivity contribution >= 4 is 28.9 Å². The van der Waals surface area contributed by atoms with E-state index in [2.05, 4.69) is 15.2 Å². The molecule has 2 aromatic heterocycles. The Hall–Kier alpha value is -2.62. The number of nitrogens with zero attached hydrogens (tertiary/aromatic N) is 4. The summed E-state index contributed by atoms with van der Waals surface area (Å²) >= 11 is 12.3. The first-order chi connectivity index (χ1) is 15.1. The molecule has 0 amide bonds. The van der Waals surface area contributed by atoms with Crippen LogP contribution in [0.25, 0.3) is 0 Å². The van der Waals surface area contributed by atoms with Crippen LogP contribution in [-0.4, -0.2) is 26.8 Å². The topological polar surface area (TPSA) is 75.3 Å². The van der Waals surface area contributed by atoms with Gasteiger partial charge in [-0.05, 0) is 30.7 Å². The number of allylic oxidation sites excluding steroid dienone is 1. The molecule has 0 saturated heterocycles. The van der Waals surface area contributed by atoms with Gasteiger partial charge in [-0.25, -0.2) is 0 Å². The molecule has 2 unspecified atom stereocenters. The minimum absolute atomic E-state index is 0.0523. The summed E-state index contributed by atoms with van der Waals surface area (Å²) in [5.41, 5.74) is 0.745. The predicted octanol–water partition coefficient (Wildman–Crippen LogP) is 5.69. The number of anilines is 1. The van der Waals surface area contributed by atoms with Crippen LogP contribution in [0, 0.1) is 6.92 Å². The molecular formula is C21H17Cl2F3N4O2. The van der Waals surface area contributed by atoms with Crippen molar-refractivity contribution in [1.82, 2.24) is 15.2 Å². The zero-order chi connectivity index (χ0) is 23.0. The van der Waals surface area contributed by atoms with Crippen molar-refractivity contribution in [3.05, 3.63) is 81.4 Å². The normalized spacial score (nSPS) is 17.6. The van der Waals surface area contributed by atoms with Gasteiger partial charge in [-0.3, -0.25) is 4.98 Å². The second-order valence-corrected chi connectivity index (χ2v) is 8.10. The summed E-state index contributed by atoms with van der Waals surface area (Å²) in [6, 6.07) is 5.27. The van der Waals surface area contributed by atoms with Crippen LogP contribution in [0.3, 0.4) is 0 Å². The smallest absolute Gasteiger partial charge is 0.417 e. The zero-order valence-corrected chi connectivity index (χ0v) is 18.2. The number of aryl methyl sites for hydroxylation is 1. The summed E-state index contributed by atoms with van der Waals surface area (Å²) in [6.07, 6.45) is 0.143. The fourth-order valence-electron chi connectivity index (χ4n) is 3.46. The maximum atomic E-state index is 12.9. The van der Waals surface area contributed by atoms with Gasteiger partial charge in [0, 0.05) is 43.0 Å². The molecule has 1 aliphatic heterocycles. The predicted molar refractivity (Wildman–Crippen MR) is 113 cm³/mol. The van der Waals surface area contributed by atoms with Gasteiger partial charge < -0.3 is 14.4 Å². The fourth-order valence-corrected chi connectivity index (χ4v) is 4.06. The minimum atomic E-state index is -4.50. The number of aromatic nitrogens is 3. The number of benzene rings is 1. The molecule has 0 aliphatic carbocycles. The van der Waals surface area contributed by atoms with Crippen molar-refractivity contribution < 1.29 is 22.7 Å². The SMILES string of the molecule is Cc1nnc(C(O)c2cnc(C3C=CN(c4ccc(C(F)(F)F)c(Cl)c4)CC3)c(Cl)c2)o1. The zero-order valence-electron chi connectivity index (χ0n) is 16.6. The van der Waals surface area contributed by atoms with Crippen LogP contribution >= 0.6 is 23.2 Å². The van der Waals surface area contributed by atoms with E-state index >= 15 is 0 Å². The highest BCUT2D eigenvalue weighted by atomic mass is 35.5. The molecule has 0 bridgehead atoms. The molecule has 6 nitrogen and oxygen atoms in total. The summed E-state index contributed by atoms with van der Waals surface area (Å²) in [7, 11) is 0. The molecule has 3 heterocycles. The largest absolute Gasteiger partial charge is 0.422 e. The third kappa shape index (κ3) is 4.60. The summed E-state index contributed by atoms with van der Waals surface area (Å²) in [4.78, 5) is 6.22. The highest BCUT2D eigenvalue weighted by Crippen LogP contribution is 2.38. The van der Waals surface area contributed by atoms with Crippen LogP contribution < -0.4 is 4.90 Å². The minimum Gasteiger partial charge on any atom is -0.422 e. The molecule has 1 aromatic carbocycles. The van der Waals surface area contributed by atoms with Crippen LogP contribution in [0.5, 0.6) is 0 Å². The summed E-state index contributed by atoms with van der Waals surface area (Å²) in [6.45, 7) is 2.15. The second kappa shape index (κ2) is 8.73. The molecule has 11 heteroatoms. The number of alkyl halides is 3. The lowest BCUT2D eigenvalue weighted by Gasteiger charge is -2.28. The van der Waals surface area contributed by atoms with Gasteiger partial charge in [-0.15, -0.1) is 10.2 Å². The molecule has 2 atom stereocenters. The van der Waals surface area contributed by atoms with Crippen LogP contribution in [0.1, 0.15) is 47.0 Å². The number of halogens is 5.